The standard InChI is InChI=1S/C13H23N3O2/c1-4-9-18-12-10(14)5-6-11(15-12)16-13(2,3)7-8-17/h5-6,17H,4,7-9,14H2,1-3H3,(H,15,16). The lowest BCUT2D eigenvalue weighted by molar-refractivity contribution is 0.260. The second-order valence-electron chi connectivity index (χ2n) is 4.92. The molecule has 1 aromatic rings. The minimum Gasteiger partial charge on any atom is -0.476 e. The van der Waals surface area contributed by atoms with Crippen LogP contribution >= 0.6 is 0 Å². The lowest BCUT2D eigenvalue weighted by atomic mass is 10.0. The van der Waals surface area contributed by atoms with Gasteiger partial charge in [-0.15, -0.1) is 0 Å². The second kappa shape index (κ2) is 6.44. The Bertz CT molecular complexity index is 380. The van der Waals surface area contributed by atoms with Gasteiger partial charge in [0.2, 0.25) is 5.88 Å². The van der Waals surface area contributed by atoms with E-state index in [1.165, 1.54) is 0 Å². The summed E-state index contributed by atoms with van der Waals surface area (Å²) in [6, 6.07) is 3.59. The molecule has 0 amide bonds. The maximum Gasteiger partial charge on any atom is 0.239 e. The molecule has 0 saturated carbocycles. The van der Waals surface area contributed by atoms with Crippen molar-refractivity contribution in [3.8, 4) is 5.88 Å². The molecule has 102 valence electrons. The number of aliphatic hydroxyl groups is 1. The molecule has 0 saturated heterocycles. The van der Waals surface area contributed by atoms with E-state index >= 15 is 0 Å². The summed E-state index contributed by atoms with van der Waals surface area (Å²) in [6.07, 6.45) is 1.55. The van der Waals surface area contributed by atoms with E-state index in [4.69, 9.17) is 15.6 Å². The molecule has 0 radical (unpaired) electrons. The van der Waals surface area contributed by atoms with Crippen LogP contribution in [0.3, 0.4) is 0 Å². The highest BCUT2D eigenvalue weighted by molar-refractivity contribution is 5.54. The number of rotatable bonds is 7. The zero-order valence-electron chi connectivity index (χ0n) is 11.4. The van der Waals surface area contributed by atoms with Gasteiger partial charge in [-0.3, -0.25) is 0 Å². The molecule has 4 N–H and O–H groups in total. The number of nitrogens with two attached hydrogens (primary N) is 1. The summed E-state index contributed by atoms with van der Waals surface area (Å²) >= 11 is 0. The molecule has 1 rings (SSSR count). The van der Waals surface area contributed by atoms with Crippen LogP contribution in [0.15, 0.2) is 12.1 Å². The van der Waals surface area contributed by atoms with Gasteiger partial charge in [-0.1, -0.05) is 6.92 Å². The molecule has 0 spiro atoms. The van der Waals surface area contributed by atoms with Gasteiger partial charge in [-0.05, 0) is 38.8 Å². The number of aliphatic hydroxyl groups excluding tert-OH is 1. The Hall–Kier alpha value is -1.49. The van der Waals surface area contributed by atoms with Crippen molar-refractivity contribution in [1.29, 1.82) is 0 Å². The molecular weight excluding hydrogens is 230 g/mol. The van der Waals surface area contributed by atoms with Gasteiger partial charge in [0.1, 0.15) is 5.82 Å². The second-order valence-corrected chi connectivity index (χ2v) is 4.92. The maximum atomic E-state index is 8.99. The van der Waals surface area contributed by atoms with Crippen molar-refractivity contribution in [2.24, 2.45) is 0 Å². The minimum absolute atomic E-state index is 0.133. The summed E-state index contributed by atoms with van der Waals surface area (Å²) in [5.74, 6) is 1.16. The van der Waals surface area contributed by atoms with E-state index in [1.54, 1.807) is 6.07 Å². The number of anilines is 2. The normalized spacial score (nSPS) is 11.3. The number of pyridine rings is 1. The van der Waals surface area contributed by atoms with Crippen LogP contribution < -0.4 is 15.8 Å². The topological polar surface area (TPSA) is 80.4 Å². The van der Waals surface area contributed by atoms with Crippen LogP contribution in [-0.2, 0) is 0 Å². The summed E-state index contributed by atoms with van der Waals surface area (Å²) in [5, 5.41) is 12.2. The van der Waals surface area contributed by atoms with Gasteiger partial charge in [0.15, 0.2) is 0 Å². The van der Waals surface area contributed by atoms with E-state index in [9.17, 15) is 0 Å². The summed E-state index contributed by atoms with van der Waals surface area (Å²) < 4.78 is 5.48. The summed E-state index contributed by atoms with van der Waals surface area (Å²) in [6.45, 7) is 6.78. The highest BCUT2D eigenvalue weighted by Crippen LogP contribution is 2.23. The minimum atomic E-state index is -0.222. The van der Waals surface area contributed by atoms with Gasteiger partial charge in [0.25, 0.3) is 0 Å². The third-order valence-corrected chi connectivity index (χ3v) is 2.54. The van der Waals surface area contributed by atoms with Gasteiger partial charge < -0.3 is 20.9 Å². The molecule has 0 fully saturated rings. The highest BCUT2D eigenvalue weighted by Gasteiger charge is 2.17. The predicted octanol–water partition coefficient (Wildman–Crippen LogP) is 2.03. The Morgan fingerprint density at radius 2 is 2.17 bits per heavy atom. The Morgan fingerprint density at radius 3 is 2.78 bits per heavy atom. The van der Waals surface area contributed by atoms with E-state index in [0.29, 0.717) is 30.4 Å². The molecule has 0 aliphatic heterocycles. The Balaban J connectivity index is 2.78. The van der Waals surface area contributed by atoms with E-state index in [-0.39, 0.29) is 12.1 Å². The number of hydrogen-bond acceptors (Lipinski definition) is 5. The number of nitrogen functional groups attached to an aromatic ring is 1. The van der Waals surface area contributed by atoms with Gasteiger partial charge in [-0.2, -0.15) is 4.98 Å². The third-order valence-electron chi connectivity index (χ3n) is 2.54. The van der Waals surface area contributed by atoms with E-state index in [0.717, 1.165) is 6.42 Å². The zero-order valence-corrected chi connectivity index (χ0v) is 11.4. The average molecular weight is 253 g/mol. The highest BCUT2D eigenvalue weighted by atomic mass is 16.5. The van der Waals surface area contributed by atoms with Crippen LogP contribution in [-0.4, -0.2) is 28.8 Å². The van der Waals surface area contributed by atoms with E-state index < -0.39 is 0 Å². The van der Waals surface area contributed by atoms with Crippen LogP contribution in [0.4, 0.5) is 11.5 Å². The molecule has 0 aromatic carbocycles. The van der Waals surface area contributed by atoms with Crippen molar-refractivity contribution in [3.63, 3.8) is 0 Å². The van der Waals surface area contributed by atoms with Crippen molar-refractivity contribution < 1.29 is 9.84 Å². The van der Waals surface area contributed by atoms with Crippen LogP contribution in [0, 0.1) is 0 Å². The SMILES string of the molecule is CCCOc1nc(NC(C)(C)CCO)ccc1N. The van der Waals surface area contributed by atoms with Crippen LogP contribution in [0.5, 0.6) is 5.88 Å². The fourth-order valence-corrected chi connectivity index (χ4v) is 1.52. The molecule has 1 heterocycles. The first-order valence-electron chi connectivity index (χ1n) is 6.27. The van der Waals surface area contributed by atoms with Gasteiger partial charge in [0.05, 0.1) is 12.3 Å². The quantitative estimate of drug-likeness (QED) is 0.692. The first kappa shape index (κ1) is 14.6. The molecule has 0 aliphatic rings. The molecule has 0 aliphatic carbocycles. The average Bonchev–Trinajstić information content (AvgIpc) is 2.29. The fourth-order valence-electron chi connectivity index (χ4n) is 1.52. The molecule has 0 unspecified atom stereocenters. The summed E-state index contributed by atoms with van der Waals surface area (Å²) in [7, 11) is 0. The molecule has 0 atom stereocenters. The van der Waals surface area contributed by atoms with Gasteiger partial charge in [0, 0.05) is 12.1 Å². The van der Waals surface area contributed by atoms with Crippen molar-refractivity contribution >= 4 is 11.5 Å². The Labute approximate surface area is 108 Å². The lowest BCUT2D eigenvalue weighted by Crippen LogP contribution is -2.32. The molecule has 5 nitrogen and oxygen atoms in total. The zero-order chi connectivity index (χ0) is 13.6. The molecule has 18 heavy (non-hydrogen) atoms. The monoisotopic (exact) mass is 253 g/mol. The predicted molar refractivity (Wildman–Crippen MR) is 73.8 cm³/mol. The molecular formula is C13H23N3O2. The number of nitrogens with one attached hydrogen (secondary N) is 1. The fraction of sp³-hybridized carbons (Fsp3) is 0.615. The van der Waals surface area contributed by atoms with Crippen LogP contribution in [0.2, 0.25) is 0 Å². The summed E-state index contributed by atoms with van der Waals surface area (Å²) in [4.78, 5) is 4.34. The first-order valence-corrected chi connectivity index (χ1v) is 6.27. The van der Waals surface area contributed by atoms with E-state index in [2.05, 4.69) is 10.3 Å². The van der Waals surface area contributed by atoms with Crippen molar-refractivity contribution in [1.82, 2.24) is 4.98 Å². The smallest absolute Gasteiger partial charge is 0.239 e. The third kappa shape index (κ3) is 4.41. The van der Waals surface area contributed by atoms with E-state index in [1.807, 2.05) is 26.8 Å². The Kier molecular flexibility index (Phi) is 5.22. The Morgan fingerprint density at radius 1 is 1.44 bits per heavy atom. The maximum absolute atomic E-state index is 8.99. The number of hydrogen-bond donors (Lipinski definition) is 3. The van der Waals surface area contributed by atoms with Crippen molar-refractivity contribution in [2.75, 3.05) is 24.3 Å². The van der Waals surface area contributed by atoms with Crippen LogP contribution in [0.25, 0.3) is 0 Å². The number of nitrogens with zero attached hydrogens (tertiary/aromatic N) is 1. The molecule has 5 heteroatoms. The van der Waals surface area contributed by atoms with Crippen molar-refractivity contribution in [3.05, 3.63) is 12.1 Å². The number of ether oxygens (including phenoxy) is 1. The molecule has 1 aromatic heterocycles. The van der Waals surface area contributed by atoms with Crippen molar-refractivity contribution in [2.45, 2.75) is 39.2 Å². The van der Waals surface area contributed by atoms with Gasteiger partial charge >= 0.3 is 0 Å². The largest absolute Gasteiger partial charge is 0.476 e. The number of aromatic nitrogens is 1. The molecule has 0 bridgehead atoms. The first-order chi connectivity index (χ1) is 8.48. The van der Waals surface area contributed by atoms with Gasteiger partial charge in [-0.25, -0.2) is 0 Å². The summed E-state index contributed by atoms with van der Waals surface area (Å²) in [5.41, 5.74) is 6.11. The lowest BCUT2D eigenvalue weighted by Gasteiger charge is -2.26. The van der Waals surface area contributed by atoms with Crippen LogP contribution in [0.1, 0.15) is 33.6 Å².